The molecule has 2 aliphatic rings. The molecule has 2 fully saturated rings. The topological polar surface area (TPSA) is 157 Å². The van der Waals surface area contributed by atoms with Crippen LogP contribution >= 0.6 is 11.3 Å². The molecule has 0 bridgehead atoms. The third-order valence-electron chi connectivity index (χ3n) is 10.7. The summed E-state index contributed by atoms with van der Waals surface area (Å²) in [6, 6.07) is 14.5. The molecule has 7 rings (SSSR count). The van der Waals surface area contributed by atoms with E-state index in [-0.39, 0.29) is 58.8 Å². The summed E-state index contributed by atoms with van der Waals surface area (Å²) in [4.78, 5) is 56.2. The van der Waals surface area contributed by atoms with E-state index in [1.165, 1.54) is 30.2 Å². The van der Waals surface area contributed by atoms with Gasteiger partial charge in [0, 0.05) is 55.3 Å². The zero-order valence-electron chi connectivity index (χ0n) is 31.5. The lowest BCUT2D eigenvalue weighted by molar-refractivity contribution is -0.223. The minimum Gasteiger partial charge on any atom is -0.437 e. The first-order chi connectivity index (χ1) is 27.8. The van der Waals surface area contributed by atoms with E-state index in [4.69, 9.17) is 10.5 Å². The Hall–Kier alpha value is -5.82. The van der Waals surface area contributed by atoms with Gasteiger partial charge in [0.25, 0.3) is 17.4 Å². The zero-order valence-corrected chi connectivity index (χ0v) is 32.4. The number of halogens is 6. The normalized spacial score (nSPS) is 20.7. The number of pyridine rings is 1. The number of benzene rings is 2. The van der Waals surface area contributed by atoms with Gasteiger partial charge >= 0.3 is 6.18 Å². The van der Waals surface area contributed by atoms with E-state index in [0.29, 0.717) is 11.3 Å². The van der Waals surface area contributed by atoms with Crippen molar-refractivity contribution in [2.24, 2.45) is 5.92 Å². The Morgan fingerprint density at radius 3 is 2.41 bits per heavy atom. The average Bonchev–Trinajstić information content (AvgIpc) is 3.60. The Balaban J connectivity index is 1.06. The van der Waals surface area contributed by atoms with Crippen LogP contribution in [0.5, 0.6) is 11.6 Å². The molecule has 3 aromatic heterocycles. The van der Waals surface area contributed by atoms with Crippen molar-refractivity contribution in [2.45, 2.75) is 56.9 Å². The molecule has 5 aromatic rings. The Labute approximate surface area is 336 Å². The van der Waals surface area contributed by atoms with Crippen molar-refractivity contribution >= 4 is 28.8 Å². The highest BCUT2D eigenvalue weighted by Gasteiger charge is 2.58. The molecule has 12 nitrogen and oxygen atoms in total. The number of nitrogens with two attached hydrogens (primary N) is 1. The molecule has 5 heterocycles. The quantitative estimate of drug-likeness (QED) is 0.168. The summed E-state index contributed by atoms with van der Waals surface area (Å²) in [6.07, 6.45) is -2.97. The van der Waals surface area contributed by atoms with E-state index in [1.807, 2.05) is 0 Å². The summed E-state index contributed by atoms with van der Waals surface area (Å²) in [5.74, 6) is -7.14. The fourth-order valence-electron chi connectivity index (χ4n) is 7.44. The van der Waals surface area contributed by atoms with Gasteiger partial charge < -0.3 is 25.4 Å². The van der Waals surface area contributed by atoms with Gasteiger partial charge in [-0.2, -0.15) is 13.2 Å². The summed E-state index contributed by atoms with van der Waals surface area (Å²) >= 11 is 0.928. The fraction of sp³-hybridized carbons (Fsp3) is 0.350. The van der Waals surface area contributed by atoms with Gasteiger partial charge in [0.2, 0.25) is 11.8 Å². The number of amides is 2. The molecule has 19 heteroatoms. The van der Waals surface area contributed by atoms with Crippen LogP contribution in [0.15, 0.2) is 78.0 Å². The van der Waals surface area contributed by atoms with Crippen LogP contribution in [0.25, 0.3) is 10.6 Å². The molecule has 3 N–H and O–H groups in total. The van der Waals surface area contributed by atoms with Gasteiger partial charge in [-0.15, -0.1) is 11.3 Å². The predicted octanol–water partition coefficient (Wildman–Crippen LogP) is 6.46. The van der Waals surface area contributed by atoms with Gasteiger partial charge in [-0.1, -0.05) is 30.3 Å². The lowest BCUT2D eigenvalue weighted by Gasteiger charge is -2.46. The Morgan fingerprint density at radius 1 is 1.02 bits per heavy atom. The highest BCUT2D eigenvalue weighted by molar-refractivity contribution is 7.17. The highest BCUT2D eigenvalue weighted by Crippen LogP contribution is 2.42. The Bertz CT molecular complexity index is 2450. The molecular formula is C40H37F6N7O5S. The van der Waals surface area contributed by atoms with Gasteiger partial charge in [0.15, 0.2) is 5.69 Å². The molecule has 2 amide bonds. The number of aliphatic hydroxyl groups is 1. The number of thiazole rings is 1. The largest absolute Gasteiger partial charge is 0.437 e. The summed E-state index contributed by atoms with van der Waals surface area (Å²) in [5.41, 5.74) is 1.64. The number of anilines is 1. The van der Waals surface area contributed by atoms with Crippen LogP contribution in [0.2, 0.25) is 0 Å². The first kappa shape index (κ1) is 41.3. The number of aryl methyl sites for hydroxylation is 2. The number of hydrogen-bond donors (Lipinski definition) is 2. The third-order valence-corrected chi connectivity index (χ3v) is 11.9. The molecule has 2 aliphatic heterocycles. The standard InChI is InChI=1S/C40H37F6N7O5S/c1-22-30(40(44,45)46)16-25(17-48-22)34-50-23(2)32(59-34)37(56)51-14-12-28(29(18-51)24-6-4-3-5-7-24)35(54)52-15-13-38(57,39(42,43)20-52)19-53-21-49-33(31(47)36(53)55)58-27-10-8-26(41)9-11-27/h3-11,16-17,21,28-29,57H,12-15,18-20,47H2,1-2H3/t28-,29+,38+/m1/s1. The van der Waals surface area contributed by atoms with Crippen LogP contribution in [0.3, 0.4) is 0 Å². The number of piperidine rings is 2. The number of hydrogen-bond acceptors (Lipinski definition) is 10. The maximum atomic E-state index is 16.0. The van der Waals surface area contributed by atoms with Crippen molar-refractivity contribution in [1.82, 2.24) is 29.3 Å². The van der Waals surface area contributed by atoms with E-state index in [9.17, 15) is 37.1 Å². The van der Waals surface area contributed by atoms with E-state index < -0.39 is 83.5 Å². The summed E-state index contributed by atoms with van der Waals surface area (Å²) in [5, 5.41) is 11.5. The number of ether oxygens (including phenoxy) is 1. The lowest BCUT2D eigenvalue weighted by Crippen LogP contribution is -2.64. The van der Waals surface area contributed by atoms with Crippen molar-refractivity contribution < 1.29 is 45.8 Å². The second-order valence-corrected chi connectivity index (χ2v) is 15.6. The van der Waals surface area contributed by atoms with Gasteiger partial charge in [0.1, 0.15) is 33.4 Å². The Morgan fingerprint density at radius 2 is 1.73 bits per heavy atom. The van der Waals surface area contributed by atoms with Crippen LogP contribution < -0.4 is 16.0 Å². The van der Waals surface area contributed by atoms with Crippen LogP contribution in [0, 0.1) is 25.6 Å². The lowest BCUT2D eigenvalue weighted by atomic mass is 9.78. The van der Waals surface area contributed by atoms with Crippen LogP contribution in [-0.2, 0) is 17.5 Å². The number of alkyl halides is 5. The number of nitrogen functional groups attached to an aromatic ring is 1. The number of carbonyl (C=O) groups excluding carboxylic acids is 2. The fourth-order valence-corrected chi connectivity index (χ4v) is 8.45. The SMILES string of the molecule is Cc1ncc(-c2nc(C)c(C(=O)N3CC[C@@H](C(=O)N4CC[C@](O)(Cn5cnc(Oc6ccc(F)cc6)c(N)c5=O)C(F)(F)C4)[C@H](c4ccccc4)C3)s2)cc1C(F)(F)F. The smallest absolute Gasteiger partial charge is 0.418 e. The van der Waals surface area contributed by atoms with Gasteiger partial charge in [0.05, 0.1) is 24.3 Å². The molecular weight excluding hydrogens is 805 g/mol. The summed E-state index contributed by atoms with van der Waals surface area (Å²) in [7, 11) is 0. The van der Waals surface area contributed by atoms with Crippen LogP contribution in [0.4, 0.5) is 32.0 Å². The molecule has 3 atom stereocenters. The molecule has 0 saturated carbocycles. The molecule has 2 aromatic carbocycles. The van der Waals surface area contributed by atoms with Gasteiger partial charge in [-0.05, 0) is 56.2 Å². The van der Waals surface area contributed by atoms with E-state index in [2.05, 4.69) is 15.0 Å². The zero-order chi connectivity index (χ0) is 42.4. The highest BCUT2D eigenvalue weighted by atomic mass is 32.1. The summed E-state index contributed by atoms with van der Waals surface area (Å²) in [6.45, 7) is 0.596. The number of likely N-dealkylation sites (tertiary alicyclic amines) is 2. The van der Waals surface area contributed by atoms with Crippen LogP contribution in [-0.4, -0.2) is 83.9 Å². The molecule has 310 valence electrons. The average molecular weight is 842 g/mol. The molecule has 2 saturated heterocycles. The van der Waals surface area contributed by atoms with E-state index in [1.54, 1.807) is 37.3 Å². The monoisotopic (exact) mass is 841 g/mol. The molecule has 59 heavy (non-hydrogen) atoms. The molecule has 0 unspecified atom stereocenters. The first-order valence-corrected chi connectivity index (χ1v) is 19.2. The van der Waals surface area contributed by atoms with E-state index >= 15 is 8.78 Å². The minimum absolute atomic E-state index is 0.0304. The molecule has 0 spiro atoms. The van der Waals surface area contributed by atoms with Crippen LogP contribution in [0.1, 0.15) is 50.9 Å². The Kier molecular flexibility index (Phi) is 11.0. The van der Waals surface area contributed by atoms with E-state index in [0.717, 1.165) is 45.3 Å². The van der Waals surface area contributed by atoms with Crippen molar-refractivity contribution in [3.05, 3.63) is 117 Å². The number of rotatable bonds is 8. The van der Waals surface area contributed by atoms with Crippen molar-refractivity contribution in [3.8, 4) is 22.2 Å². The maximum absolute atomic E-state index is 16.0. The van der Waals surface area contributed by atoms with Crippen molar-refractivity contribution in [3.63, 3.8) is 0 Å². The number of aromatic nitrogens is 4. The van der Waals surface area contributed by atoms with Crippen molar-refractivity contribution in [1.29, 1.82) is 0 Å². The summed E-state index contributed by atoms with van der Waals surface area (Å²) < 4.78 is 92.3. The molecule has 0 radical (unpaired) electrons. The van der Waals surface area contributed by atoms with Crippen molar-refractivity contribution in [2.75, 3.05) is 31.9 Å². The molecule has 0 aliphatic carbocycles. The second kappa shape index (κ2) is 15.7. The van der Waals surface area contributed by atoms with Gasteiger partial charge in [-0.3, -0.25) is 23.9 Å². The maximum Gasteiger partial charge on any atom is 0.418 e. The third kappa shape index (κ3) is 8.25. The number of carbonyl (C=O) groups is 2. The minimum atomic E-state index is -4.64. The first-order valence-electron chi connectivity index (χ1n) is 18.4. The van der Waals surface area contributed by atoms with Gasteiger partial charge in [-0.25, -0.2) is 23.1 Å². The predicted molar refractivity (Wildman–Crippen MR) is 203 cm³/mol. The second-order valence-electron chi connectivity index (χ2n) is 14.7. The number of nitrogens with zero attached hydrogens (tertiary/aromatic N) is 6.